The summed E-state index contributed by atoms with van der Waals surface area (Å²) in [5, 5.41) is 12.1. The number of aryl methyl sites for hydroxylation is 1. The van der Waals surface area contributed by atoms with Crippen molar-refractivity contribution >= 4 is 18.0 Å². The van der Waals surface area contributed by atoms with Gasteiger partial charge >= 0.3 is 5.97 Å². The number of carbonyl (C=O) groups excluding carboxylic acids is 2. The molecule has 134 valence electrons. The lowest BCUT2D eigenvalue weighted by atomic mass is 10.1. The SMILES string of the molecule is CCCn1c(C)cc(/C=C(\C#N)C(=O)OC(C)C(=O)NC2CC2)c1C. The number of nitrogens with one attached hydrogen (secondary N) is 1. The normalized spacial score (nSPS) is 15.4. The van der Waals surface area contributed by atoms with E-state index >= 15 is 0 Å². The number of hydrogen-bond donors (Lipinski definition) is 1. The van der Waals surface area contributed by atoms with Gasteiger partial charge in [0.15, 0.2) is 6.10 Å². The first kappa shape index (κ1) is 18.8. The van der Waals surface area contributed by atoms with Gasteiger partial charge in [0, 0.05) is 24.0 Å². The Kier molecular flexibility index (Phi) is 6.02. The zero-order chi connectivity index (χ0) is 18.6. The molecule has 1 aliphatic rings. The van der Waals surface area contributed by atoms with Crippen molar-refractivity contribution in [2.24, 2.45) is 0 Å². The van der Waals surface area contributed by atoms with Crippen molar-refractivity contribution in [2.45, 2.75) is 65.6 Å². The van der Waals surface area contributed by atoms with Crippen molar-refractivity contribution in [3.8, 4) is 6.07 Å². The van der Waals surface area contributed by atoms with Crippen LogP contribution in [0.25, 0.3) is 6.08 Å². The average Bonchev–Trinajstić information content (AvgIpc) is 3.34. The highest BCUT2D eigenvalue weighted by atomic mass is 16.5. The summed E-state index contributed by atoms with van der Waals surface area (Å²) >= 11 is 0. The molecule has 1 unspecified atom stereocenters. The van der Waals surface area contributed by atoms with Gasteiger partial charge < -0.3 is 14.6 Å². The Morgan fingerprint density at radius 1 is 1.48 bits per heavy atom. The molecule has 1 aromatic heterocycles. The molecule has 0 bridgehead atoms. The molecule has 6 nitrogen and oxygen atoms in total. The standard InChI is InChI=1S/C19H25N3O3/c1-5-8-22-12(2)9-15(13(22)3)10-16(11-20)19(24)25-14(4)18(23)21-17-6-7-17/h9-10,14,17H,5-8H2,1-4H3,(H,21,23)/b16-10+. The quantitative estimate of drug-likeness (QED) is 0.468. The first-order valence-electron chi connectivity index (χ1n) is 8.67. The fraction of sp³-hybridized carbons (Fsp3) is 0.526. The van der Waals surface area contributed by atoms with Crippen LogP contribution in [0.5, 0.6) is 0 Å². The van der Waals surface area contributed by atoms with Gasteiger partial charge in [0.25, 0.3) is 5.91 Å². The Balaban J connectivity index is 2.11. The molecular formula is C19H25N3O3. The molecule has 1 aromatic rings. The Labute approximate surface area is 148 Å². The monoisotopic (exact) mass is 343 g/mol. The van der Waals surface area contributed by atoms with Crippen molar-refractivity contribution in [3.63, 3.8) is 0 Å². The largest absolute Gasteiger partial charge is 0.448 e. The maximum atomic E-state index is 12.2. The molecule has 1 heterocycles. The van der Waals surface area contributed by atoms with Crippen LogP contribution in [0.3, 0.4) is 0 Å². The maximum absolute atomic E-state index is 12.2. The van der Waals surface area contributed by atoms with Crippen LogP contribution >= 0.6 is 0 Å². The minimum atomic E-state index is -0.919. The van der Waals surface area contributed by atoms with Crippen LogP contribution < -0.4 is 5.32 Å². The van der Waals surface area contributed by atoms with E-state index in [9.17, 15) is 14.9 Å². The van der Waals surface area contributed by atoms with E-state index in [-0.39, 0.29) is 17.5 Å². The Bertz CT molecular complexity index is 736. The second kappa shape index (κ2) is 8.02. The predicted molar refractivity (Wildman–Crippen MR) is 94.5 cm³/mol. The van der Waals surface area contributed by atoms with Gasteiger partial charge in [0.05, 0.1) is 0 Å². The predicted octanol–water partition coefficient (Wildman–Crippen LogP) is 2.63. The van der Waals surface area contributed by atoms with Gasteiger partial charge in [-0.3, -0.25) is 4.79 Å². The summed E-state index contributed by atoms with van der Waals surface area (Å²) in [5.74, 6) is -1.10. The lowest BCUT2D eigenvalue weighted by molar-refractivity contribution is -0.150. The van der Waals surface area contributed by atoms with Crippen LogP contribution in [0.1, 0.15) is 50.1 Å². The third-order valence-electron chi connectivity index (χ3n) is 4.28. The molecule has 0 spiro atoms. The second-order valence-corrected chi connectivity index (χ2v) is 6.48. The molecule has 6 heteroatoms. The molecule has 1 fully saturated rings. The maximum Gasteiger partial charge on any atom is 0.349 e. The highest BCUT2D eigenvalue weighted by Crippen LogP contribution is 2.20. The summed E-state index contributed by atoms with van der Waals surface area (Å²) in [6, 6.07) is 4.02. The molecule has 0 aliphatic heterocycles. The van der Waals surface area contributed by atoms with Crippen LogP contribution in [-0.4, -0.2) is 28.6 Å². The Morgan fingerprint density at radius 2 is 2.16 bits per heavy atom. The molecule has 0 aromatic carbocycles. The summed E-state index contributed by atoms with van der Waals surface area (Å²) in [5.41, 5.74) is 2.78. The summed E-state index contributed by atoms with van der Waals surface area (Å²) < 4.78 is 7.29. The molecule has 0 radical (unpaired) electrons. The number of aromatic nitrogens is 1. The number of nitrogens with zero attached hydrogens (tertiary/aromatic N) is 2. The van der Waals surface area contributed by atoms with E-state index in [0.717, 1.165) is 42.8 Å². The molecule has 1 saturated carbocycles. The minimum absolute atomic E-state index is 0.108. The molecule has 1 N–H and O–H groups in total. The molecule has 25 heavy (non-hydrogen) atoms. The Hall–Kier alpha value is -2.55. The van der Waals surface area contributed by atoms with E-state index in [4.69, 9.17) is 4.74 Å². The summed E-state index contributed by atoms with van der Waals surface area (Å²) in [7, 11) is 0. The molecule has 0 saturated heterocycles. The first-order chi connectivity index (χ1) is 11.9. The first-order valence-corrected chi connectivity index (χ1v) is 8.67. The summed E-state index contributed by atoms with van der Waals surface area (Å²) in [4.78, 5) is 24.1. The number of amides is 1. The number of esters is 1. The van der Waals surface area contributed by atoms with E-state index < -0.39 is 12.1 Å². The van der Waals surface area contributed by atoms with Crippen molar-refractivity contribution in [3.05, 3.63) is 28.6 Å². The van der Waals surface area contributed by atoms with E-state index in [1.807, 2.05) is 26.0 Å². The zero-order valence-electron chi connectivity index (χ0n) is 15.3. The summed E-state index contributed by atoms with van der Waals surface area (Å²) in [6.07, 6.45) is 3.53. The van der Waals surface area contributed by atoms with Gasteiger partial charge in [0.1, 0.15) is 11.6 Å². The smallest absolute Gasteiger partial charge is 0.349 e. The van der Waals surface area contributed by atoms with Crippen LogP contribution in [0, 0.1) is 25.2 Å². The number of nitriles is 1. The van der Waals surface area contributed by atoms with Gasteiger partial charge in [-0.15, -0.1) is 0 Å². The van der Waals surface area contributed by atoms with Crippen molar-refractivity contribution in [1.82, 2.24) is 9.88 Å². The molecule has 1 atom stereocenters. The highest BCUT2D eigenvalue weighted by Gasteiger charge is 2.27. The van der Waals surface area contributed by atoms with Crippen molar-refractivity contribution in [1.29, 1.82) is 5.26 Å². The van der Waals surface area contributed by atoms with Crippen LogP contribution in [0.4, 0.5) is 0 Å². The van der Waals surface area contributed by atoms with Gasteiger partial charge in [-0.2, -0.15) is 5.26 Å². The topological polar surface area (TPSA) is 84.1 Å². The minimum Gasteiger partial charge on any atom is -0.448 e. The van der Waals surface area contributed by atoms with E-state index in [1.54, 1.807) is 0 Å². The fourth-order valence-electron chi connectivity index (χ4n) is 2.66. The van der Waals surface area contributed by atoms with Crippen molar-refractivity contribution in [2.75, 3.05) is 0 Å². The molecule has 1 aliphatic carbocycles. The Morgan fingerprint density at radius 3 is 2.72 bits per heavy atom. The fourth-order valence-corrected chi connectivity index (χ4v) is 2.66. The van der Waals surface area contributed by atoms with Crippen LogP contribution in [-0.2, 0) is 20.9 Å². The number of hydrogen-bond acceptors (Lipinski definition) is 4. The lowest BCUT2D eigenvalue weighted by Crippen LogP contribution is -2.37. The number of carbonyl (C=O) groups is 2. The van der Waals surface area contributed by atoms with Gasteiger partial charge in [-0.05, 0) is 57.7 Å². The highest BCUT2D eigenvalue weighted by molar-refractivity contribution is 5.99. The van der Waals surface area contributed by atoms with Gasteiger partial charge in [0.2, 0.25) is 0 Å². The molecule has 1 amide bonds. The van der Waals surface area contributed by atoms with Gasteiger partial charge in [-0.25, -0.2) is 4.79 Å². The molecule has 2 rings (SSSR count). The van der Waals surface area contributed by atoms with Crippen molar-refractivity contribution < 1.29 is 14.3 Å². The number of ether oxygens (including phenoxy) is 1. The average molecular weight is 343 g/mol. The summed E-state index contributed by atoms with van der Waals surface area (Å²) in [6.45, 7) is 8.45. The van der Waals surface area contributed by atoms with Crippen LogP contribution in [0.2, 0.25) is 0 Å². The van der Waals surface area contributed by atoms with Crippen LogP contribution in [0.15, 0.2) is 11.6 Å². The number of rotatable bonds is 7. The van der Waals surface area contributed by atoms with E-state index in [0.29, 0.717) is 0 Å². The third kappa shape index (κ3) is 4.72. The lowest BCUT2D eigenvalue weighted by Gasteiger charge is -2.12. The third-order valence-corrected chi connectivity index (χ3v) is 4.28. The zero-order valence-corrected chi connectivity index (χ0v) is 15.3. The second-order valence-electron chi connectivity index (χ2n) is 6.48. The van der Waals surface area contributed by atoms with Gasteiger partial charge in [-0.1, -0.05) is 6.92 Å². The molecular weight excluding hydrogens is 318 g/mol. The van der Waals surface area contributed by atoms with E-state index in [2.05, 4.69) is 16.8 Å². The van der Waals surface area contributed by atoms with E-state index in [1.165, 1.54) is 13.0 Å².